The van der Waals surface area contributed by atoms with Crippen LogP contribution < -0.4 is 10.1 Å². The van der Waals surface area contributed by atoms with Crippen LogP contribution in [0.1, 0.15) is 10.4 Å². The normalized spacial score (nSPS) is 11.2. The number of anilines is 1. The van der Waals surface area contributed by atoms with Crippen LogP contribution in [-0.4, -0.2) is 18.0 Å². The molecule has 0 aliphatic rings. The average molecular weight is 368 g/mol. The van der Waals surface area contributed by atoms with Crippen molar-refractivity contribution in [3.05, 3.63) is 78.5 Å². The molecular weight excluding hydrogens is 352 g/mol. The number of hydrogen-bond donors (Lipinski definition) is 1. The molecule has 3 aromatic carbocycles. The second-order valence-corrected chi connectivity index (χ2v) is 6.48. The van der Waals surface area contributed by atoms with Crippen LogP contribution in [0.25, 0.3) is 32.8 Å². The largest absolute Gasteiger partial charge is 0.495 e. The Kier molecular flexibility index (Phi) is 3.72. The van der Waals surface area contributed by atoms with Crippen molar-refractivity contribution >= 4 is 44.4 Å². The van der Waals surface area contributed by atoms with Crippen LogP contribution >= 0.6 is 0 Å². The van der Waals surface area contributed by atoms with Crippen molar-refractivity contribution in [1.29, 1.82) is 0 Å². The number of hydrogen-bond acceptors (Lipinski definition) is 4. The minimum absolute atomic E-state index is 0.229. The van der Waals surface area contributed by atoms with Crippen LogP contribution in [0.15, 0.2) is 77.3 Å². The highest BCUT2D eigenvalue weighted by atomic mass is 16.5. The lowest BCUT2D eigenvalue weighted by Crippen LogP contribution is -2.13. The molecule has 0 aliphatic carbocycles. The summed E-state index contributed by atoms with van der Waals surface area (Å²) in [7, 11) is 1.58. The van der Waals surface area contributed by atoms with Gasteiger partial charge >= 0.3 is 0 Å². The molecule has 1 N–H and O–H groups in total. The SMILES string of the molecule is COc1cc2c(cc1NC(=O)c1cccc3ncccc13)oc1ccccc12. The second kappa shape index (κ2) is 6.39. The fourth-order valence-electron chi connectivity index (χ4n) is 3.51. The number of pyridine rings is 1. The highest BCUT2D eigenvalue weighted by Crippen LogP contribution is 2.36. The van der Waals surface area contributed by atoms with E-state index in [1.807, 2.05) is 54.6 Å². The van der Waals surface area contributed by atoms with Crippen LogP contribution in [0.4, 0.5) is 5.69 Å². The van der Waals surface area contributed by atoms with Gasteiger partial charge in [0.25, 0.3) is 5.91 Å². The van der Waals surface area contributed by atoms with Crippen LogP contribution in [0.5, 0.6) is 5.75 Å². The Labute approximate surface area is 160 Å². The van der Waals surface area contributed by atoms with Crippen LogP contribution in [0.3, 0.4) is 0 Å². The first-order valence-electron chi connectivity index (χ1n) is 8.89. The van der Waals surface area contributed by atoms with Crippen molar-refractivity contribution in [2.24, 2.45) is 0 Å². The molecule has 28 heavy (non-hydrogen) atoms. The standard InChI is InChI=1S/C23H16N2O3/c1-27-22-12-17-15-6-2-3-10-20(15)28-21(17)13-19(22)25-23(26)16-7-4-9-18-14(16)8-5-11-24-18/h2-13H,1H3,(H,25,26). The Morgan fingerprint density at radius 3 is 2.68 bits per heavy atom. The lowest BCUT2D eigenvalue weighted by atomic mass is 10.1. The molecule has 1 amide bonds. The Morgan fingerprint density at radius 2 is 1.79 bits per heavy atom. The van der Waals surface area contributed by atoms with E-state index in [9.17, 15) is 4.79 Å². The Morgan fingerprint density at radius 1 is 0.929 bits per heavy atom. The van der Waals surface area contributed by atoms with E-state index in [2.05, 4.69) is 10.3 Å². The zero-order valence-electron chi connectivity index (χ0n) is 15.1. The maximum absolute atomic E-state index is 13.0. The zero-order chi connectivity index (χ0) is 19.1. The topological polar surface area (TPSA) is 64.4 Å². The minimum Gasteiger partial charge on any atom is -0.495 e. The third-order valence-electron chi connectivity index (χ3n) is 4.84. The van der Waals surface area contributed by atoms with E-state index < -0.39 is 0 Å². The number of ether oxygens (including phenoxy) is 1. The maximum atomic E-state index is 13.0. The summed E-state index contributed by atoms with van der Waals surface area (Å²) < 4.78 is 11.5. The van der Waals surface area contributed by atoms with Gasteiger partial charge in [-0.1, -0.05) is 30.3 Å². The van der Waals surface area contributed by atoms with Gasteiger partial charge in [0.2, 0.25) is 0 Å². The second-order valence-electron chi connectivity index (χ2n) is 6.48. The van der Waals surface area contributed by atoms with Crippen LogP contribution in [0.2, 0.25) is 0 Å². The molecule has 5 nitrogen and oxygen atoms in total. The Balaban J connectivity index is 1.60. The van der Waals surface area contributed by atoms with Gasteiger partial charge in [-0.3, -0.25) is 9.78 Å². The van der Waals surface area contributed by atoms with Gasteiger partial charge < -0.3 is 14.5 Å². The first-order valence-corrected chi connectivity index (χ1v) is 8.89. The molecule has 5 rings (SSSR count). The molecule has 5 aromatic rings. The molecule has 0 aliphatic heterocycles. The Hall–Kier alpha value is -3.86. The number of methoxy groups -OCH3 is 1. The summed E-state index contributed by atoms with van der Waals surface area (Å²) >= 11 is 0. The van der Waals surface area contributed by atoms with Gasteiger partial charge in [-0.2, -0.15) is 0 Å². The number of nitrogens with zero attached hydrogens (tertiary/aromatic N) is 1. The Bertz CT molecular complexity index is 1350. The number of carbonyl (C=O) groups excluding carboxylic acids is 1. The molecule has 0 saturated carbocycles. The average Bonchev–Trinajstić information content (AvgIpc) is 3.10. The quantitative estimate of drug-likeness (QED) is 0.463. The van der Waals surface area contributed by atoms with Gasteiger partial charge in [0.15, 0.2) is 0 Å². The fourth-order valence-corrected chi connectivity index (χ4v) is 3.51. The van der Waals surface area contributed by atoms with Crippen molar-refractivity contribution in [3.8, 4) is 5.75 Å². The zero-order valence-corrected chi connectivity index (χ0v) is 15.1. The first-order chi connectivity index (χ1) is 13.7. The summed E-state index contributed by atoms with van der Waals surface area (Å²) in [5, 5.41) is 5.70. The van der Waals surface area contributed by atoms with E-state index in [0.29, 0.717) is 22.6 Å². The van der Waals surface area contributed by atoms with Crippen LogP contribution in [-0.2, 0) is 0 Å². The van der Waals surface area contributed by atoms with E-state index in [1.54, 1.807) is 25.4 Å². The number of fused-ring (bicyclic) bond motifs is 4. The third-order valence-corrected chi connectivity index (χ3v) is 4.84. The highest BCUT2D eigenvalue weighted by molar-refractivity contribution is 6.14. The van der Waals surface area contributed by atoms with Gasteiger partial charge in [0, 0.05) is 34.0 Å². The van der Waals surface area contributed by atoms with Crippen molar-refractivity contribution < 1.29 is 13.9 Å². The number of amides is 1. The third kappa shape index (κ3) is 2.56. The summed E-state index contributed by atoms with van der Waals surface area (Å²) in [5.74, 6) is 0.345. The van der Waals surface area contributed by atoms with Crippen molar-refractivity contribution in [2.75, 3.05) is 12.4 Å². The molecule has 0 fully saturated rings. The predicted octanol–water partition coefficient (Wildman–Crippen LogP) is 5.40. The van der Waals surface area contributed by atoms with Crippen molar-refractivity contribution in [3.63, 3.8) is 0 Å². The smallest absolute Gasteiger partial charge is 0.256 e. The highest BCUT2D eigenvalue weighted by Gasteiger charge is 2.16. The van der Waals surface area contributed by atoms with Crippen molar-refractivity contribution in [1.82, 2.24) is 4.98 Å². The molecule has 0 unspecified atom stereocenters. The predicted molar refractivity (Wildman–Crippen MR) is 110 cm³/mol. The molecule has 2 heterocycles. The number of rotatable bonds is 3. The van der Waals surface area contributed by atoms with Crippen LogP contribution in [0, 0.1) is 0 Å². The van der Waals surface area contributed by atoms with Gasteiger partial charge in [0.05, 0.1) is 18.3 Å². The molecule has 136 valence electrons. The number of carbonyl (C=O) groups is 1. The molecule has 2 aromatic heterocycles. The van der Waals surface area contributed by atoms with Crippen molar-refractivity contribution in [2.45, 2.75) is 0 Å². The maximum Gasteiger partial charge on any atom is 0.256 e. The van der Waals surface area contributed by atoms with E-state index >= 15 is 0 Å². The summed E-state index contributed by atoms with van der Waals surface area (Å²) in [4.78, 5) is 17.3. The molecule has 0 spiro atoms. The number of nitrogens with one attached hydrogen (secondary N) is 1. The van der Waals surface area contributed by atoms with Gasteiger partial charge in [0.1, 0.15) is 16.9 Å². The lowest BCUT2D eigenvalue weighted by Gasteiger charge is -2.11. The number of para-hydroxylation sites is 1. The molecule has 5 heteroatoms. The van der Waals surface area contributed by atoms with E-state index in [4.69, 9.17) is 9.15 Å². The van der Waals surface area contributed by atoms with Gasteiger partial charge in [-0.15, -0.1) is 0 Å². The monoisotopic (exact) mass is 368 g/mol. The molecule has 0 atom stereocenters. The molecule has 0 saturated heterocycles. The number of aromatic nitrogens is 1. The van der Waals surface area contributed by atoms with E-state index in [1.165, 1.54) is 0 Å². The lowest BCUT2D eigenvalue weighted by molar-refractivity contribution is 0.102. The summed E-state index contributed by atoms with van der Waals surface area (Å²) in [6, 6.07) is 20.7. The summed E-state index contributed by atoms with van der Waals surface area (Å²) in [5.41, 5.74) is 3.37. The van der Waals surface area contributed by atoms with Gasteiger partial charge in [-0.25, -0.2) is 0 Å². The number of benzene rings is 3. The number of furan rings is 1. The molecule has 0 bridgehead atoms. The fraction of sp³-hybridized carbons (Fsp3) is 0.0435. The van der Waals surface area contributed by atoms with Gasteiger partial charge in [-0.05, 0) is 30.3 Å². The summed E-state index contributed by atoms with van der Waals surface area (Å²) in [6.07, 6.45) is 1.71. The van der Waals surface area contributed by atoms with E-state index in [0.717, 1.165) is 27.3 Å². The van der Waals surface area contributed by atoms with E-state index in [-0.39, 0.29) is 5.91 Å². The minimum atomic E-state index is -0.229. The molecular formula is C23H16N2O3. The first kappa shape index (κ1) is 16.3. The molecule has 0 radical (unpaired) electrons. The summed E-state index contributed by atoms with van der Waals surface area (Å²) in [6.45, 7) is 0.